The van der Waals surface area contributed by atoms with Gasteiger partial charge in [0.25, 0.3) is 5.91 Å². The molecule has 24 heavy (non-hydrogen) atoms. The van der Waals surface area contributed by atoms with Gasteiger partial charge in [0.15, 0.2) is 11.5 Å². The lowest BCUT2D eigenvalue weighted by Crippen LogP contribution is -2.14. The number of furan rings is 1. The lowest BCUT2D eigenvalue weighted by Gasteiger charge is -2.03. The molecule has 1 aromatic carbocycles. The average molecular weight is 325 g/mol. The minimum Gasteiger partial charge on any atom is -0.476 e. The molecule has 7 nitrogen and oxygen atoms in total. The van der Waals surface area contributed by atoms with E-state index in [1.807, 2.05) is 30.3 Å². The van der Waals surface area contributed by atoms with Gasteiger partial charge in [0.2, 0.25) is 0 Å². The van der Waals surface area contributed by atoms with Gasteiger partial charge in [0, 0.05) is 12.6 Å². The zero-order valence-corrected chi connectivity index (χ0v) is 13.1. The lowest BCUT2D eigenvalue weighted by atomic mass is 10.2. The molecule has 0 aliphatic rings. The molecule has 0 bridgehead atoms. The summed E-state index contributed by atoms with van der Waals surface area (Å²) >= 11 is 0. The fourth-order valence-electron chi connectivity index (χ4n) is 2.30. The normalized spacial score (nSPS) is 10.6. The van der Waals surface area contributed by atoms with Crippen LogP contribution in [0.25, 0.3) is 11.3 Å². The van der Waals surface area contributed by atoms with E-state index in [4.69, 9.17) is 4.42 Å². The molecule has 0 fully saturated rings. The first-order valence-corrected chi connectivity index (χ1v) is 7.21. The second-order valence-electron chi connectivity index (χ2n) is 5.22. The first-order valence-electron chi connectivity index (χ1n) is 7.21. The number of hydrogen-bond acceptors (Lipinski definition) is 4. The Labute approximate surface area is 137 Å². The molecule has 0 spiro atoms. The van der Waals surface area contributed by atoms with Crippen molar-refractivity contribution in [2.75, 3.05) is 5.32 Å². The van der Waals surface area contributed by atoms with Gasteiger partial charge in [0.1, 0.15) is 5.76 Å². The van der Waals surface area contributed by atoms with Gasteiger partial charge < -0.3 is 14.8 Å². The summed E-state index contributed by atoms with van der Waals surface area (Å²) in [4.78, 5) is 23.6. The number of aromatic carboxylic acids is 1. The Morgan fingerprint density at radius 3 is 2.54 bits per heavy atom. The highest BCUT2D eigenvalue weighted by Gasteiger charge is 2.22. The number of nitrogens with one attached hydrogen (secondary N) is 1. The second-order valence-corrected chi connectivity index (χ2v) is 5.22. The maximum absolute atomic E-state index is 12.4. The molecule has 2 heterocycles. The number of aryl methyl sites for hydroxylation is 1. The molecule has 0 aliphatic heterocycles. The molecule has 2 aromatic heterocycles. The predicted octanol–water partition coefficient (Wildman–Crippen LogP) is 2.94. The molecule has 122 valence electrons. The van der Waals surface area contributed by atoms with Crippen molar-refractivity contribution in [2.24, 2.45) is 7.05 Å². The highest BCUT2D eigenvalue weighted by atomic mass is 16.4. The number of carboxylic acids is 1. The first kappa shape index (κ1) is 15.5. The quantitative estimate of drug-likeness (QED) is 0.768. The maximum Gasteiger partial charge on any atom is 0.358 e. The largest absolute Gasteiger partial charge is 0.476 e. The van der Waals surface area contributed by atoms with Crippen molar-refractivity contribution in [3.05, 3.63) is 59.6 Å². The van der Waals surface area contributed by atoms with Crippen LogP contribution in [0.2, 0.25) is 0 Å². The van der Waals surface area contributed by atoms with E-state index in [2.05, 4.69) is 10.4 Å². The van der Waals surface area contributed by atoms with E-state index in [0.717, 1.165) is 5.56 Å². The number of carboxylic acid groups (broad SMARTS) is 1. The van der Waals surface area contributed by atoms with Crippen LogP contribution < -0.4 is 5.32 Å². The first-order chi connectivity index (χ1) is 11.5. The zero-order chi connectivity index (χ0) is 17.3. The third kappa shape index (κ3) is 2.79. The predicted molar refractivity (Wildman–Crippen MR) is 87.0 cm³/mol. The smallest absolute Gasteiger partial charge is 0.358 e. The summed E-state index contributed by atoms with van der Waals surface area (Å²) in [7, 11) is 1.61. The second kappa shape index (κ2) is 6.04. The minimum absolute atomic E-state index is 0.0912. The number of amides is 1. The molecule has 0 saturated carbocycles. The molecule has 3 rings (SSSR count). The summed E-state index contributed by atoms with van der Waals surface area (Å²) in [6, 6.07) is 12.6. The van der Waals surface area contributed by atoms with E-state index in [1.54, 1.807) is 26.1 Å². The highest BCUT2D eigenvalue weighted by Crippen LogP contribution is 2.24. The van der Waals surface area contributed by atoms with Crippen LogP contribution in [-0.2, 0) is 7.05 Å². The number of anilines is 1. The summed E-state index contributed by atoms with van der Waals surface area (Å²) in [5.41, 5.74) is 1.33. The standard InChI is InChI=1S/C17H15N3O4/c1-10-14(15(17(22)23)19-20(10)2)18-16(21)13-9-8-12(24-13)11-6-4-3-5-7-11/h3-9H,1-2H3,(H,18,21)(H,22,23). The van der Waals surface area contributed by atoms with Crippen LogP contribution in [0.5, 0.6) is 0 Å². The minimum atomic E-state index is -1.21. The van der Waals surface area contributed by atoms with Crippen LogP contribution in [0.15, 0.2) is 46.9 Å². The number of hydrogen-bond donors (Lipinski definition) is 2. The van der Waals surface area contributed by atoms with E-state index in [9.17, 15) is 14.7 Å². The number of rotatable bonds is 4. The van der Waals surface area contributed by atoms with E-state index in [-0.39, 0.29) is 17.1 Å². The number of aromatic nitrogens is 2. The molecule has 1 amide bonds. The number of benzene rings is 1. The molecule has 0 unspecified atom stereocenters. The SMILES string of the molecule is Cc1c(NC(=O)c2ccc(-c3ccccc3)o2)c(C(=O)O)nn1C. The molecule has 0 aliphatic carbocycles. The van der Waals surface area contributed by atoms with Crippen molar-refractivity contribution >= 4 is 17.6 Å². The molecule has 0 saturated heterocycles. The molecular weight excluding hydrogens is 310 g/mol. The third-order valence-electron chi connectivity index (χ3n) is 3.66. The zero-order valence-electron chi connectivity index (χ0n) is 13.1. The molecule has 0 radical (unpaired) electrons. The van der Waals surface area contributed by atoms with Gasteiger partial charge in [-0.25, -0.2) is 4.79 Å². The summed E-state index contributed by atoms with van der Waals surface area (Å²) in [5.74, 6) is -1.09. The Bertz CT molecular complexity index is 909. The number of carbonyl (C=O) groups excluding carboxylic acids is 1. The van der Waals surface area contributed by atoms with Crippen LogP contribution >= 0.6 is 0 Å². The molecule has 7 heteroatoms. The molecule has 2 N–H and O–H groups in total. The Hall–Kier alpha value is -3.35. The Kier molecular flexibility index (Phi) is 3.91. The van der Waals surface area contributed by atoms with Crippen molar-refractivity contribution in [1.29, 1.82) is 0 Å². The molecule has 3 aromatic rings. The van der Waals surface area contributed by atoms with Crippen LogP contribution in [0.1, 0.15) is 26.7 Å². The van der Waals surface area contributed by atoms with Gasteiger partial charge in [-0.3, -0.25) is 9.48 Å². The van der Waals surface area contributed by atoms with Gasteiger partial charge >= 0.3 is 5.97 Å². The highest BCUT2D eigenvalue weighted by molar-refractivity contribution is 6.06. The fraction of sp³-hybridized carbons (Fsp3) is 0.118. The number of carbonyl (C=O) groups is 2. The van der Waals surface area contributed by atoms with E-state index in [0.29, 0.717) is 11.5 Å². The fourth-order valence-corrected chi connectivity index (χ4v) is 2.30. The van der Waals surface area contributed by atoms with Crippen molar-refractivity contribution in [1.82, 2.24) is 9.78 Å². The van der Waals surface area contributed by atoms with Crippen LogP contribution in [-0.4, -0.2) is 26.8 Å². The van der Waals surface area contributed by atoms with Gasteiger partial charge in [-0.2, -0.15) is 5.10 Å². The maximum atomic E-state index is 12.4. The van der Waals surface area contributed by atoms with Crippen molar-refractivity contribution < 1.29 is 19.1 Å². The molecule has 0 atom stereocenters. The summed E-state index contributed by atoms with van der Waals surface area (Å²) in [5, 5.41) is 15.6. The van der Waals surface area contributed by atoms with Crippen molar-refractivity contribution in [3.8, 4) is 11.3 Å². The van der Waals surface area contributed by atoms with Gasteiger partial charge in [-0.1, -0.05) is 30.3 Å². The Balaban J connectivity index is 1.87. The topological polar surface area (TPSA) is 97.4 Å². The monoisotopic (exact) mass is 325 g/mol. The number of nitrogens with zero attached hydrogens (tertiary/aromatic N) is 2. The Morgan fingerprint density at radius 1 is 1.17 bits per heavy atom. The molecular formula is C17H15N3O4. The average Bonchev–Trinajstić information content (AvgIpc) is 3.16. The lowest BCUT2D eigenvalue weighted by molar-refractivity contribution is 0.0690. The van der Waals surface area contributed by atoms with Crippen LogP contribution in [0.3, 0.4) is 0 Å². The van der Waals surface area contributed by atoms with Crippen molar-refractivity contribution in [2.45, 2.75) is 6.92 Å². The summed E-state index contributed by atoms with van der Waals surface area (Å²) in [6.07, 6.45) is 0. The van der Waals surface area contributed by atoms with Gasteiger partial charge in [-0.05, 0) is 19.1 Å². The summed E-state index contributed by atoms with van der Waals surface area (Å²) < 4.78 is 6.96. The van der Waals surface area contributed by atoms with Crippen LogP contribution in [0, 0.1) is 6.92 Å². The summed E-state index contributed by atoms with van der Waals surface area (Å²) in [6.45, 7) is 1.67. The van der Waals surface area contributed by atoms with Crippen molar-refractivity contribution in [3.63, 3.8) is 0 Å². The van der Waals surface area contributed by atoms with Gasteiger partial charge in [0.05, 0.1) is 11.4 Å². The van der Waals surface area contributed by atoms with Gasteiger partial charge in [-0.15, -0.1) is 0 Å². The van der Waals surface area contributed by atoms with E-state index >= 15 is 0 Å². The van der Waals surface area contributed by atoms with E-state index < -0.39 is 11.9 Å². The van der Waals surface area contributed by atoms with E-state index in [1.165, 1.54) is 4.68 Å². The third-order valence-corrected chi connectivity index (χ3v) is 3.66. The Morgan fingerprint density at radius 2 is 1.88 bits per heavy atom. The van der Waals surface area contributed by atoms with Crippen LogP contribution in [0.4, 0.5) is 5.69 Å².